The molecule has 0 N–H and O–H groups in total. The van der Waals surface area contributed by atoms with E-state index in [1.54, 1.807) is 6.26 Å². The van der Waals surface area contributed by atoms with Gasteiger partial charge >= 0.3 is 0 Å². The van der Waals surface area contributed by atoms with Gasteiger partial charge in [-0.2, -0.15) is 0 Å². The van der Waals surface area contributed by atoms with Gasteiger partial charge in [-0.3, -0.25) is 9.36 Å². The van der Waals surface area contributed by atoms with Crippen LogP contribution in [-0.4, -0.2) is 43.1 Å². The molecule has 6 rings (SSSR count). The number of aryl methyl sites for hydroxylation is 1. The van der Waals surface area contributed by atoms with Crippen LogP contribution in [0.5, 0.6) is 0 Å². The number of fused-ring (bicyclic) bond motifs is 2. The number of furan rings is 1. The highest BCUT2D eigenvalue weighted by Gasteiger charge is 2.51. The maximum atomic E-state index is 13.4. The molecule has 2 atom stereocenters. The summed E-state index contributed by atoms with van der Waals surface area (Å²) in [6, 6.07) is 12.1. The fraction of sp³-hybridized carbons (Fsp3) is 0.429. The van der Waals surface area contributed by atoms with Gasteiger partial charge in [0.2, 0.25) is 11.7 Å². The molecule has 37 heavy (non-hydrogen) atoms. The van der Waals surface area contributed by atoms with Gasteiger partial charge in [0.15, 0.2) is 16.6 Å². The Kier molecular flexibility index (Phi) is 5.78. The third-order valence-corrected chi connectivity index (χ3v) is 8.32. The van der Waals surface area contributed by atoms with Gasteiger partial charge in [-0.1, -0.05) is 44.7 Å². The average Bonchev–Trinajstić information content (AvgIpc) is 3.62. The molecule has 0 radical (unpaired) electrons. The Bertz CT molecular complexity index is 1440. The number of benzene rings is 1. The van der Waals surface area contributed by atoms with Crippen LogP contribution < -0.4 is 0 Å². The minimum absolute atomic E-state index is 0.0329. The number of carbonyl (C=O) groups excluding carboxylic acids is 1. The van der Waals surface area contributed by atoms with Crippen molar-refractivity contribution < 1.29 is 13.6 Å². The van der Waals surface area contributed by atoms with Crippen molar-refractivity contribution in [3.63, 3.8) is 0 Å². The summed E-state index contributed by atoms with van der Waals surface area (Å²) in [5.74, 6) is 2.13. The van der Waals surface area contributed by atoms with E-state index in [4.69, 9.17) is 8.83 Å². The molecule has 9 heteroatoms. The molecule has 2 unspecified atom stereocenters. The summed E-state index contributed by atoms with van der Waals surface area (Å²) < 4.78 is 13.3. The van der Waals surface area contributed by atoms with Crippen LogP contribution in [0.1, 0.15) is 62.0 Å². The fourth-order valence-corrected chi connectivity index (χ4v) is 7.18. The first-order valence-electron chi connectivity index (χ1n) is 12.6. The lowest BCUT2D eigenvalue weighted by molar-refractivity contribution is 0.0702. The number of carbonyl (C=O) groups is 1. The van der Waals surface area contributed by atoms with Gasteiger partial charge < -0.3 is 13.7 Å². The second-order valence-corrected chi connectivity index (χ2v) is 12.5. The fourth-order valence-electron chi connectivity index (χ4n) is 6.37. The topological polar surface area (TPSA) is 90.2 Å². The molecule has 192 valence electrons. The number of likely N-dealkylation sites (tertiary alicyclic amines) is 1. The Hall–Kier alpha value is -3.33. The van der Waals surface area contributed by atoms with Crippen molar-refractivity contribution >= 4 is 17.7 Å². The molecule has 0 spiro atoms. The second kappa shape index (κ2) is 8.90. The van der Waals surface area contributed by atoms with Crippen LogP contribution in [0.4, 0.5) is 0 Å². The van der Waals surface area contributed by atoms with E-state index >= 15 is 0 Å². The lowest BCUT2D eigenvalue weighted by Crippen LogP contribution is -2.37. The molecule has 1 amide bonds. The van der Waals surface area contributed by atoms with Crippen LogP contribution in [0.25, 0.3) is 17.3 Å². The first-order valence-corrected chi connectivity index (χ1v) is 13.6. The number of hydrogen-bond acceptors (Lipinski definition) is 7. The van der Waals surface area contributed by atoms with Gasteiger partial charge in [0.25, 0.3) is 5.91 Å². The Labute approximate surface area is 220 Å². The molecule has 8 nitrogen and oxygen atoms in total. The van der Waals surface area contributed by atoms with E-state index in [0.717, 1.165) is 37.1 Å². The predicted molar refractivity (Wildman–Crippen MR) is 140 cm³/mol. The minimum atomic E-state index is -0.0329. The van der Waals surface area contributed by atoms with Crippen molar-refractivity contribution in [2.45, 2.75) is 63.9 Å². The number of hydrogen-bond donors (Lipinski definition) is 0. The van der Waals surface area contributed by atoms with Gasteiger partial charge in [-0.05, 0) is 66.8 Å². The molecule has 1 saturated heterocycles. The van der Waals surface area contributed by atoms with Gasteiger partial charge in [0, 0.05) is 12.6 Å². The van der Waals surface area contributed by atoms with Crippen molar-refractivity contribution in [1.82, 2.24) is 24.6 Å². The van der Waals surface area contributed by atoms with E-state index in [0.29, 0.717) is 34.1 Å². The molecule has 3 aromatic heterocycles. The minimum Gasteiger partial charge on any atom is -0.461 e. The zero-order valence-electron chi connectivity index (χ0n) is 21.6. The van der Waals surface area contributed by atoms with E-state index in [2.05, 4.69) is 42.0 Å². The molecule has 1 aliphatic heterocycles. The van der Waals surface area contributed by atoms with Crippen LogP contribution in [0.15, 0.2) is 62.9 Å². The normalized spacial score (nSPS) is 22.5. The molecule has 2 fully saturated rings. The van der Waals surface area contributed by atoms with Crippen LogP contribution >= 0.6 is 11.8 Å². The summed E-state index contributed by atoms with van der Waals surface area (Å²) in [5.41, 5.74) is 2.88. The number of thioether (sulfide) groups is 1. The molecular formula is C28H31N5O3S. The van der Waals surface area contributed by atoms with E-state index in [-0.39, 0.29) is 22.8 Å². The number of oxazole rings is 1. The SMILES string of the molecule is Cc1cccc(-n2c(SCc3nc(C(=O)N4CC5(C)CC4CC(C)(C)C5)co3)nnc2-c2ccco2)c1. The lowest BCUT2D eigenvalue weighted by atomic mass is 9.65. The lowest BCUT2D eigenvalue weighted by Gasteiger charge is -2.39. The highest BCUT2D eigenvalue weighted by molar-refractivity contribution is 7.98. The Morgan fingerprint density at radius 1 is 1.14 bits per heavy atom. The summed E-state index contributed by atoms with van der Waals surface area (Å²) >= 11 is 1.46. The van der Waals surface area contributed by atoms with Crippen LogP contribution in [-0.2, 0) is 5.75 Å². The van der Waals surface area contributed by atoms with Gasteiger partial charge in [0.05, 0.1) is 17.7 Å². The molecule has 2 bridgehead atoms. The largest absolute Gasteiger partial charge is 0.461 e. The molecule has 4 heterocycles. The van der Waals surface area contributed by atoms with Crippen LogP contribution in [0.3, 0.4) is 0 Å². The summed E-state index contributed by atoms with van der Waals surface area (Å²) in [5, 5.41) is 9.51. The predicted octanol–water partition coefficient (Wildman–Crippen LogP) is 6.16. The number of nitrogens with zero attached hydrogens (tertiary/aromatic N) is 5. The highest BCUT2D eigenvalue weighted by atomic mass is 32.2. The third-order valence-electron chi connectivity index (χ3n) is 7.41. The maximum absolute atomic E-state index is 13.4. The first kappa shape index (κ1) is 24.0. The average molecular weight is 518 g/mol. The van der Waals surface area contributed by atoms with Gasteiger partial charge in [-0.25, -0.2) is 4.98 Å². The van der Waals surface area contributed by atoms with E-state index in [1.165, 1.54) is 18.0 Å². The third kappa shape index (κ3) is 4.61. The van der Waals surface area contributed by atoms with Crippen molar-refractivity contribution in [2.24, 2.45) is 10.8 Å². The standard InChI is InChI=1S/C28H31N5O3S/c1-18-7-5-8-19(11-18)33-24(22-9-6-10-35-22)30-31-26(33)37-15-23-29-21(14-36-23)25(34)32-17-28(4)13-20(32)12-27(2,3)16-28/h5-11,14,20H,12-13,15-17H2,1-4H3. The number of aromatic nitrogens is 4. The van der Waals surface area contributed by atoms with Crippen molar-refractivity contribution in [3.8, 4) is 17.3 Å². The quantitative estimate of drug-likeness (QED) is 0.283. The molecule has 1 aromatic carbocycles. The van der Waals surface area contributed by atoms with Crippen molar-refractivity contribution in [1.29, 1.82) is 0 Å². The monoisotopic (exact) mass is 517 g/mol. The molecular weight excluding hydrogens is 486 g/mol. The number of rotatable bonds is 6. The van der Waals surface area contributed by atoms with E-state index in [1.807, 2.05) is 46.7 Å². The summed E-state index contributed by atoms with van der Waals surface area (Å²) in [6.07, 6.45) is 6.35. The summed E-state index contributed by atoms with van der Waals surface area (Å²) in [6.45, 7) is 9.76. The Morgan fingerprint density at radius 3 is 2.78 bits per heavy atom. The summed E-state index contributed by atoms with van der Waals surface area (Å²) in [4.78, 5) is 20.0. The van der Waals surface area contributed by atoms with Crippen molar-refractivity contribution in [3.05, 3.63) is 66.1 Å². The van der Waals surface area contributed by atoms with Crippen LogP contribution in [0.2, 0.25) is 0 Å². The van der Waals surface area contributed by atoms with Crippen LogP contribution in [0, 0.1) is 17.8 Å². The zero-order valence-corrected chi connectivity index (χ0v) is 22.4. The maximum Gasteiger partial charge on any atom is 0.276 e. The van der Waals surface area contributed by atoms with Crippen molar-refractivity contribution in [2.75, 3.05) is 6.54 Å². The zero-order chi connectivity index (χ0) is 25.8. The molecule has 2 aliphatic rings. The van der Waals surface area contributed by atoms with E-state index < -0.39 is 0 Å². The highest BCUT2D eigenvalue weighted by Crippen LogP contribution is 2.52. The second-order valence-electron chi connectivity index (χ2n) is 11.5. The van der Waals surface area contributed by atoms with Gasteiger partial charge in [0.1, 0.15) is 6.26 Å². The Balaban J connectivity index is 1.21. The molecule has 1 aliphatic carbocycles. The Morgan fingerprint density at radius 2 is 2.00 bits per heavy atom. The summed E-state index contributed by atoms with van der Waals surface area (Å²) in [7, 11) is 0. The molecule has 4 aromatic rings. The number of amides is 1. The smallest absolute Gasteiger partial charge is 0.276 e. The molecule has 1 saturated carbocycles. The van der Waals surface area contributed by atoms with E-state index in [9.17, 15) is 4.79 Å². The van der Waals surface area contributed by atoms with Gasteiger partial charge in [-0.15, -0.1) is 10.2 Å². The first-order chi connectivity index (χ1) is 17.7.